The molecule has 13 heteroatoms. The van der Waals surface area contributed by atoms with Crippen LogP contribution in [0.5, 0.6) is 0 Å². The Morgan fingerprint density at radius 2 is 1.59 bits per heavy atom. The summed E-state index contributed by atoms with van der Waals surface area (Å²) >= 11 is 0. The maximum atomic E-state index is 14.6. The highest BCUT2D eigenvalue weighted by Crippen LogP contribution is 2.44. The maximum absolute atomic E-state index is 14.6. The second kappa shape index (κ2) is 26.3. The summed E-state index contributed by atoms with van der Waals surface area (Å²) in [6, 6.07) is 5.23. The third kappa shape index (κ3) is 14.2. The Kier molecular flexibility index (Phi) is 21.1. The third-order valence-corrected chi connectivity index (χ3v) is 17.3. The van der Waals surface area contributed by atoms with Gasteiger partial charge in [0, 0.05) is 44.9 Å². The molecule has 2 saturated heterocycles. The molecule has 1 saturated carbocycles. The number of aliphatic hydroxyl groups excluding tert-OH is 4. The van der Waals surface area contributed by atoms with E-state index in [1.807, 2.05) is 39.0 Å². The average molecular weight is 1020 g/mol. The highest BCUT2D eigenvalue weighted by Gasteiger charge is 2.53. The van der Waals surface area contributed by atoms with Crippen LogP contribution < -0.4 is 0 Å². The molecule has 73 heavy (non-hydrogen) atoms. The third-order valence-electron chi connectivity index (χ3n) is 17.3. The number of allylic oxidation sites excluding steroid dienone is 8. The summed E-state index contributed by atoms with van der Waals surface area (Å²) < 4.78 is 24.3. The Bertz CT molecular complexity index is 2200. The number of esters is 1. The number of hydrogen-bond donors (Lipinski definition) is 5. The largest absolute Gasteiger partial charge is 0.460 e. The minimum atomic E-state index is -2.42. The first-order valence-electron chi connectivity index (χ1n) is 27.4. The lowest BCUT2D eigenvalue weighted by atomic mass is 9.78. The van der Waals surface area contributed by atoms with Gasteiger partial charge in [-0.25, -0.2) is 4.79 Å². The molecule has 13 nitrogen and oxygen atoms in total. The molecule has 1 unspecified atom stereocenters. The van der Waals surface area contributed by atoms with E-state index in [1.165, 1.54) is 28.7 Å². The fourth-order valence-electron chi connectivity index (χ4n) is 12.4. The van der Waals surface area contributed by atoms with Crippen molar-refractivity contribution in [3.05, 3.63) is 88.6 Å². The number of carbonyl (C=O) groups is 3. The number of methoxy groups -OCH3 is 2. The van der Waals surface area contributed by atoms with Crippen molar-refractivity contribution in [3.8, 4) is 0 Å². The zero-order chi connectivity index (χ0) is 53.3. The molecular weight excluding hydrogens is 927 g/mol. The second-order valence-corrected chi connectivity index (χ2v) is 22.8. The molecule has 0 aromatic heterocycles. The SMILES string of the molecule is CO[C@H]1[C@@H](O)[C@H](C)C[C@H](C)/C=C/C=C/C=C(\C)[C@@H](C2=CCc3c(C)cccc32)C[C@@H]2CC[C@@H](C)[C@@](O)(O2)C(=O)C(=O)N2CCCCC2C(=O)O[C@H]([C@H](C)C[C@@H]2CC[C@@H](O)[C@H](OC)C2)C[C@H](O)[C@H](C)/C=C(\C)[C@H]1O. The monoisotopic (exact) mass is 1020 g/mol. The number of aliphatic hydroxyl groups is 5. The highest BCUT2D eigenvalue weighted by molar-refractivity contribution is 6.39. The van der Waals surface area contributed by atoms with Gasteiger partial charge in [-0.2, -0.15) is 0 Å². The first-order chi connectivity index (χ1) is 34.7. The van der Waals surface area contributed by atoms with Crippen LogP contribution >= 0.6 is 0 Å². The topological polar surface area (TPSA) is 193 Å². The number of fused-ring (bicyclic) bond motifs is 4. The molecular formula is C60H89NO12. The van der Waals surface area contributed by atoms with Gasteiger partial charge in [0.05, 0.1) is 30.5 Å². The van der Waals surface area contributed by atoms with Gasteiger partial charge in [-0.1, -0.05) is 101 Å². The molecule has 5 N–H and O–H groups in total. The molecule has 1 amide bonds. The first-order valence-corrected chi connectivity index (χ1v) is 27.4. The van der Waals surface area contributed by atoms with Crippen molar-refractivity contribution >= 4 is 23.2 Å². The second-order valence-electron chi connectivity index (χ2n) is 22.8. The molecule has 406 valence electrons. The Balaban J connectivity index is 1.34. The van der Waals surface area contributed by atoms with Gasteiger partial charge in [-0.05, 0) is 149 Å². The van der Waals surface area contributed by atoms with E-state index in [9.17, 15) is 39.9 Å². The molecule has 2 aliphatic carbocycles. The van der Waals surface area contributed by atoms with E-state index in [0.29, 0.717) is 63.4 Å². The number of cyclic esters (lactones) is 1. The Hall–Kier alpha value is -3.79. The van der Waals surface area contributed by atoms with E-state index in [1.54, 1.807) is 27.0 Å². The number of rotatable bonds is 6. The van der Waals surface area contributed by atoms with Gasteiger partial charge >= 0.3 is 5.97 Å². The molecule has 6 rings (SSSR count). The summed E-state index contributed by atoms with van der Waals surface area (Å²) in [6.07, 6.45) is 14.7. The molecule has 1 aromatic carbocycles. The fourth-order valence-corrected chi connectivity index (χ4v) is 12.4. The summed E-state index contributed by atoms with van der Waals surface area (Å²) in [7, 11) is 3.06. The van der Waals surface area contributed by atoms with Crippen molar-refractivity contribution in [2.75, 3.05) is 20.8 Å². The smallest absolute Gasteiger partial charge is 0.329 e. The summed E-state index contributed by atoms with van der Waals surface area (Å²) in [6.45, 7) is 15.6. The van der Waals surface area contributed by atoms with E-state index in [-0.39, 0.29) is 55.1 Å². The van der Waals surface area contributed by atoms with E-state index in [4.69, 9.17) is 18.9 Å². The van der Waals surface area contributed by atoms with Crippen LogP contribution in [-0.4, -0.2) is 130 Å². The summed E-state index contributed by atoms with van der Waals surface area (Å²) in [5.41, 5.74) is 6.40. The van der Waals surface area contributed by atoms with Crippen molar-refractivity contribution < 1.29 is 58.9 Å². The fraction of sp³-hybridized carbons (Fsp3) is 0.683. The molecule has 0 radical (unpaired) electrons. The maximum Gasteiger partial charge on any atom is 0.329 e. The molecule has 0 spiro atoms. The van der Waals surface area contributed by atoms with Crippen LogP contribution in [0.3, 0.4) is 0 Å². The number of ether oxygens (including phenoxy) is 4. The van der Waals surface area contributed by atoms with Crippen LogP contribution in [0.4, 0.5) is 0 Å². The number of nitrogens with zero attached hydrogens (tertiary/aromatic N) is 1. The van der Waals surface area contributed by atoms with Gasteiger partial charge in [-0.3, -0.25) is 9.59 Å². The number of amides is 1. The van der Waals surface area contributed by atoms with Crippen molar-refractivity contribution in [1.29, 1.82) is 0 Å². The predicted octanol–water partition coefficient (Wildman–Crippen LogP) is 8.31. The summed E-state index contributed by atoms with van der Waals surface area (Å²) in [4.78, 5) is 45.1. The minimum Gasteiger partial charge on any atom is -0.460 e. The molecule has 3 aliphatic heterocycles. The number of hydrogen-bond acceptors (Lipinski definition) is 12. The van der Waals surface area contributed by atoms with Gasteiger partial charge < -0.3 is 49.4 Å². The lowest BCUT2D eigenvalue weighted by Crippen LogP contribution is -2.60. The van der Waals surface area contributed by atoms with Crippen molar-refractivity contribution in [2.24, 2.45) is 41.4 Å². The first kappa shape index (κ1) is 58.5. The number of ketones is 1. The van der Waals surface area contributed by atoms with Crippen LogP contribution in [0.1, 0.15) is 142 Å². The number of aryl methyl sites for hydroxylation is 1. The Labute approximate surface area is 435 Å². The molecule has 3 heterocycles. The van der Waals surface area contributed by atoms with Gasteiger partial charge in [0.25, 0.3) is 11.7 Å². The molecule has 1 aromatic rings. The van der Waals surface area contributed by atoms with E-state index in [2.05, 4.69) is 57.2 Å². The van der Waals surface area contributed by atoms with Crippen LogP contribution in [-0.2, 0) is 39.8 Å². The molecule has 3 fully saturated rings. The van der Waals surface area contributed by atoms with E-state index >= 15 is 0 Å². The average Bonchev–Trinajstić information content (AvgIpc) is 3.81. The highest BCUT2D eigenvalue weighted by atomic mass is 16.6. The van der Waals surface area contributed by atoms with Gasteiger partial charge in [0.2, 0.25) is 5.79 Å². The van der Waals surface area contributed by atoms with Crippen LogP contribution in [0.25, 0.3) is 5.57 Å². The van der Waals surface area contributed by atoms with Crippen LogP contribution in [0.15, 0.2) is 71.9 Å². The van der Waals surface area contributed by atoms with Gasteiger partial charge in [0.1, 0.15) is 24.4 Å². The molecule has 17 atom stereocenters. The lowest BCUT2D eigenvalue weighted by Gasteiger charge is -2.43. The van der Waals surface area contributed by atoms with Crippen molar-refractivity contribution in [2.45, 2.75) is 200 Å². The minimum absolute atomic E-state index is 0.0365. The van der Waals surface area contributed by atoms with E-state index in [0.717, 1.165) is 24.0 Å². The Morgan fingerprint density at radius 1 is 0.836 bits per heavy atom. The Morgan fingerprint density at radius 3 is 2.32 bits per heavy atom. The number of piperidine rings is 1. The van der Waals surface area contributed by atoms with Gasteiger partial charge in [-0.15, -0.1) is 0 Å². The standard InChI is InChI=1S/C60H89NO12/c1-35-17-12-11-13-18-37(3)48(47-26-25-45-36(2)19-16-20-46(45)47)33-44-24-22-42(8)60(69,73-44)57(66)58(67)61-28-15-14-21-49(61)59(68)72-52(39(5)31-43-23-27-50(62)53(32-43)70-9)34-51(63)38(4)30-41(7)55(65)56(71-10)54(64)40(6)29-35/h11-13,16-20,26,30,35,38-40,42-44,48-56,62-65,69H,14-15,21-25,27-29,31-34H2,1-10H3/b13-11+,17-12+,37-18+,41-30+/t35-,38-,39-,40-,42-,43+,44+,48+,49?,50-,51+,52+,53-,54+,55-,56+,60-/m1/s1. The number of benzene rings is 1. The van der Waals surface area contributed by atoms with Crippen LogP contribution in [0.2, 0.25) is 0 Å². The lowest BCUT2D eigenvalue weighted by molar-refractivity contribution is -0.264. The van der Waals surface area contributed by atoms with E-state index < -0.39 is 84.1 Å². The van der Waals surface area contributed by atoms with Crippen molar-refractivity contribution in [1.82, 2.24) is 4.90 Å². The number of Topliss-reactive ketones (excluding diaryl/α,β-unsaturated/α-hetero) is 1. The predicted molar refractivity (Wildman–Crippen MR) is 283 cm³/mol. The zero-order valence-electron chi connectivity index (χ0n) is 45.5. The number of carbonyl (C=O) groups excluding carboxylic acids is 3. The quantitative estimate of drug-likeness (QED) is 0.104. The van der Waals surface area contributed by atoms with Crippen molar-refractivity contribution in [3.63, 3.8) is 0 Å². The summed E-state index contributed by atoms with van der Waals surface area (Å²) in [5, 5.41) is 58.1. The van der Waals surface area contributed by atoms with Crippen LogP contribution in [0, 0.1) is 48.3 Å². The zero-order valence-corrected chi connectivity index (χ0v) is 45.5. The molecule has 2 bridgehead atoms. The van der Waals surface area contributed by atoms with Gasteiger partial charge in [0.15, 0.2) is 0 Å². The summed E-state index contributed by atoms with van der Waals surface area (Å²) in [5.74, 6) is -6.80. The normalized spacial score (nSPS) is 39.9. The molecule has 5 aliphatic rings.